The van der Waals surface area contributed by atoms with Crippen LogP contribution in [0.15, 0.2) is 12.1 Å². The van der Waals surface area contributed by atoms with E-state index >= 15 is 0 Å². The molecule has 1 aromatic carbocycles. The number of carbonyl (C=O) groups is 1. The van der Waals surface area contributed by atoms with Gasteiger partial charge in [-0.3, -0.25) is 4.79 Å². The van der Waals surface area contributed by atoms with Crippen molar-refractivity contribution < 1.29 is 9.18 Å². The van der Waals surface area contributed by atoms with Crippen molar-refractivity contribution in [1.29, 1.82) is 5.26 Å². The van der Waals surface area contributed by atoms with Crippen LogP contribution in [0.3, 0.4) is 0 Å². The molecular weight excluding hydrogens is 249 g/mol. The van der Waals surface area contributed by atoms with Crippen molar-refractivity contribution >= 4 is 21.7 Å². The molecule has 0 aliphatic rings. The lowest BCUT2D eigenvalue weighted by atomic mass is 10.0. The Labute approximate surface area is 89.5 Å². The molecule has 1 aromatic rings. The number of aryl methyl sites for hydroxylation is 1. The van der Waals surface area contributed by atoms with E-state index in [1.807, 2.05) is 6.07 Å². The minimum Gasteiger partial charge on any atom is -0.293 e. The molecule has 0 spiro atoms. The molecule has 0 unspecified atom stereocenters. The van der Waals surface area contributed by atoms with Gasteiger partial charge in [0.2, 0.25) is 0 Å². The summed E-state index contributed by atoms with van der Waals surface area (Å²) in [6.07, 6.45) is 0. The number of halogens is 2. The van der Waals surface area contributed by atoms with Gasteiger partial charge in [0.05, 0.1) is 22.5 Å². The molecule has 1 rings (SSSR count). The number of rotatable bonds is 2. The number of Topliss-reactive ketones (excluding diaryl/α,β-unsaturated/α-hetero) is 1. The smallest absolute Gasteiger partial charge is 0.176 e. The molecule has 2 nitrogen and oxygen atoms in total. The summed E-state index contributed by atoms with van der Waals surface area (Å²) in [7, 11) is 0. The highest BCUT2D eigenvalue weighted by molar-refractivity contribution is 9.09. The molecule has 0 radical (unpaired) electrons. The minimum atomic E-state index is -0.642. The summed E-state index contributed by atoms with van der Waals surface area (Å²) < 4.78 is 13.3. The van der Waals surface area contributed by atoms with Gasteiger partial charge in [-0.15, -0.1) is 0 Å². The van der Waals surface area contributed by atoms with Gasteiger partial charge >= 0.3 is 0 Å². The molecule has 0 heterocycles. The molecule has 72 valence electrons. The Morgan fingerprint density at radius 1 is 1.64 bits per heavy atom. The second-order valence-corrected chi connectivity index (χ2v) is 3.38. The third kappa shape index (κ3) is 1.99. The molecule has 0 aliphatic heterocycles. The van der Waals surface area contributed by atoms with E-state index in [1.54, 1.807) is 6.92 Å². The fourth-order valence-corrected chi connectivity index (χ4v) is 1.39. The topological polar surface area (TPSA) is 40.9 Å². The first-order valence-corrected chi connectivity index (χ1v) is 5.01. The predicted molar refractivity (Wildman–Crippen MR) is 54.0 cm³/mol. The van der Waals surface area contributed by atoms with Crippen LogP contribution in [0.2, 0.25) is 0 Å². The van der Waals surface area contributed by atoms with Crippen molar-refractivity contribution in [3.05, 3.63) is 34.6 Å². The minimum absolute atomic E-state index is 0.0263. The zero-order valence-electron chi connectivity index (χ0n) is 7.47. The van der Waals surface area contributed by atoms with Crippen LogP contribution in [0, 0.1) is 24.1 Å². The Kier molecular flexibility index (Phi) is 3.37. The molecule has 0 atom stereocenters. The largest absolute Gasteiger partial charge is 0.293 e. The van der Waals surface area contributed by atoms with Crippen molar-refractivity contribution in [2.75, 3.05) is 5.33 Å². The fraction of sp³-hybridized carbons (Fsp3) is 0.200. The molecule has 0 N–H and O–H groups in total. The highest BCUT2D eigenvalue weighted by Gasteiger charge is 2.12. The van der Waals surface area contributed by atoms with E-state index in [9.17, 15) is 9.18 Å². The molecular formula is C10H7BrFNO. The van der Waals surface area contributed by atoms with Crippen LogP contribution in [-0.4, -0.2) is 11.1 Å². The first kappa shape index (κ1) is 10.9. The maximum Gasteiger partial charge on any atom is 0.176 e. The van der Waals surface area contributed by atoms with Crippen molar-refractivity contribution in [2.45, 2.75) is 6.92 Å². The Morgan fingerprint density at radius 3 is 2.79 bits per heavy atom. The number of nitrogens with zero attached hydrogens (tertiary/aromatic N) is 1. The van der Waals surface area contributed by atoms with Gasteiger partial charge in [-0.25, -0.2) is 4.39 Å². The molecule has 0 bridgehead atoms. The summed E-state index contributed by atoms with van der Waals surface area (Å²) in [6, 6.07) is 4.35. The standard InChI is InChI=1S/C10H7BrFNO/c1-6-2-8(10(14)4-11)9(12)3-7(6)5-13/h2-3H,4H2,1H3. The molecule has 14 heavy (non-hydrogen) atoms. The van der Waals surface area contributed by atoms with Gasteiger partial charge < -0.3 is 0 Å². The maximum absolute atomic E-state index is 13.3. The van der Waals surface area contributed by atoms with Crippen LogP contribution in [0.25, 0.3) is 0 Å². The first-order valence-electron chi connectivity index (χ1n) is 3.89. The number of carbonyl (C=O) groups excluding carboxylic acids is 1. The normalized spacial score (nSPS) is 9.57. The van der Waals surface area contributed by atoms with Crippen LogP contribution >= 0.6 is 15.9 Å². The monoisotopic (exact) mass is 255 g/mol. The lowest BCUT2D eigenvalue weighted by Crippen LogP contribution is -2.04. The van der Waals surface area contributed by atoms with E-state index in [4.69, 9.17) is 5.26 Å². The third-order valence-corrected chi connectivity index (χ3v) is 2.37. The summed E-state index contributed by atoms with van der Waals surface area (Å²) >= 11 is 2.96. The van der Waals surface area contributed by atoms with E-state index < -0.39 is 5.82 Å². The second kappa shape index (κ2) is 4.34. The summed E-state index contributed by atoms with van der Waals surface area (Å²) in [4.78, 5) is 11.2. The maximum atomic E-state index is 13.3. The van der Waals surface area contributed by atoms with Gasteiger partial charge in [-0.05, 0) is 24.6 Å². The summed E-state index contributed by atoms with van der Waals surface area (Å²) in [5, 5.41) is 8.70. The summed E-state index contributed by atoms with van der Waals surface area (Å²) in [6.45, 7) is 1.67. The van der Waals surface area contributed by atoms with E-state index in [2.05, 4.69) is 15.9 Å². The Balaban J connectivity index is 3.30. The number of ketones is 1. The van der Waals surface area contributed by atoms with E-state index in [0.717, 1.165) is 6.07 Å². The molecule has 0 aliphatic carbocycles. The summed E-state index contributed by atoms with van der Waals surface area (Å²) in [5.41, 5.74) is 0.894. The Bertz CT molecular complexity index is 423. The van der Waals surface area contributed by atoms with E-state index in [1.165, 1.54) is 6.07 Å². The van der Waals surface area contributed by atoms with E-state index in [-0.39, 0.29) is 22.2 Å². The van der Waals surface area contributed by atoms with Gasteiger partial charge in [-0.2, -0.15) is 5.26 Å². The highest BCUT2D eigenvalue weighted by atomic mass is 79.9. The number of nitriles is 1. The van der Waals surface area contributed by atoms with Gasteiger partial charge in [0, 0.05) is 0 Å². The third-order valence-electron chi connectivity index (χ3n) is 1.86. The molecule has 0 saturated heterocycles. The van der Waals surface area contributed by atoms with E-state index in [0.29, 0.717) is 5.56 Å². The quantitative estimate of drug-likeness (QED) is 0.602. The lowest BCUT2D eigenvalue weighted by Gasteiger charge is -2.03. The lowest BCUT2D eigenvalue weighted by molar-refractivity contribution is 0.102. The Morgan fingerprint density at radius 2 is 2.29 bits per heavy atom. The highest BCUT2D eigenvalue weighted by Crippen LogP contribution is 2.15. The number of hydrogen-bond acceptors (Lipinski definition) is 2. The van der Waals surface area contributed by atoms with Crippen molar-refractivity contribution in [1.82, 2.24) is 0 Å². The number of benzene rings is 1. The van der Waals surface area contributed by atoms with Crippen LogP contribution in [-0.2, 0) is 0 Å². The predicted octanol–water partition coefficient (Wildman–Crippen LogP) is 2.58. The first-order chi connectivity index (χ1) is 6.60. The molecule has 0 amide bonds. The fourth-order valence-electron chi connectivity index (χ4n) is 1.09. The molecule has 0 saturated carbocycles. The number of alkyl halides is 1. The van der Waals surface area contributed by atoms with Crippen LogP contribution in [0.5, 0.6) is 0 Å². The van der Waals surface area contributed by atoms with Crippen LogP contribution in [0.1, 0.15) is 21.5 Å². The second-order valence-electron chi connectivity index (χ2n) is 2.82. The molecule has 0 aromatic heterocycles. The number of hydrogen-bond donors (Lipinski definition) is 0. The average molecular weight is 256 g/mol. The van der Waals surface area contributed by atoms with Gasteiger partial charge in [0.1, 0.15) is 5.82 Å². The zero-order valence-corrected chi connectivity index (χ0v) is 9.06. The van der Waals surface area contributed by atoms with Crippen molar-refractivity contribution in [2.24, 2.45) is 0 Å². The van der Waals surface area contributed by atoms with Gasteiger partial charge in [-0.1, -0.05) is 15.9 Å². The molecule has 0 fully saturated rings. The van der Waals surface area contributed by atoms with Crippen molar-refractivity contribution in [3.8, 4) is 6.07 Å². The van der Waals surface area contributed by atoms with Crippen LogP contribution < -0.4 is 0 Å². The SMILES string of the molecule is Cc1cc(C(=O)CBr)c(F)cc1C#N. The Hall–Kier alpha value is -1.21. The van der Waals surface area contributed by atoms with Gasteiger partial charge in [0.25, 0.3) is 0 Å². The van der Waals surface area contributed by atoms with Gasteiger partial charge in [0.15, 0.2) is 5.78 Å². The van der Waals surface area contributed by atoms with Crippen molar-refractivity contribution in [3.63, 3.8) is 0 Å². The summed E-state index contributed by atoms with van der Waals surface area (Å²) in [5.74, 6) is -0.966. The molecule has 4 heteroatoms. The zero-order chi connectivity index (χ0) is 10.7. The average Bonchev–Trinajstić information content (AvgIpc) is 2.19. The van der Waals surface area contributed by atoms with Crippen LogP contribution in [0.4, 0.5) is 4.39 Å².